The number of carbonyl (C=O) groups is 1. The summed E-state index contributed by atoms with van der Waals surface area (Å²) in [7, 11) is 0. The molecule has 0 N–H and O–H groups in total. The van der Waals surface area contributed by atoms with E-state index in [1.807, 2.05) is 0 Å². The Hall–Kier alpha value is -2.77. The minimum Gasteiger partial charge on any atom is -0.287 e. The van der Waals surface area contributed by atoms with Crippen LogP contribution in [0.1, 0.15) is 21.6 Å². The molecule has 0 spiro atoms. The van der Waals surface area contributed by atoms with Gasteiger partial charge in [-0.15, -0.1) is 0 Å². The number of aromatic nitrogens is 1. The number of nitro groups is 1. The van der Waals surface area contributed by atoms with Crippen molar-refractivity contribution in [2.45, 2.75) is 6.18 Å². The SMILES string of the molecule is O=C(c1ccc(C(F)(F)F)c([N+](=O)[O-])c1)c1ccccn1. The first-order valence-corrected chi connectivity index (χ1v) is 5.62. The highest BCUT2D eigenvalue weighted by Crippen LogP contribution is 2.36. The Labute approximate surface area is 116 Å². The molecular weight excluding hydrogens is 289 g/mol. The third-order valence-corrected chi connectivity index (χ3v) is 2.66. The average molecular weight is 296 g/mol. The fourth-order valence-corrected chi connectivity index (χ4v) is 1.71. The molecule has 1 heterocycles. The van der Waals surface area contributed by atoms with E-state index >= 15 is 0 Å². The maximum Gasteiger partial charge on any atom is 0.422 e. The molecule has 0 saturated heterocycles. The van der Waals surface area contributed by atoms with E-state index in [9.17, 15) is 28.1 Å². The molecule has 0 amide bonds. The number of carbonyl (C=O) groups excluding carboxylic acids is 1. The largest absolute Gasteiger partial charge is 0.422 e. The molecule has 8 heteroatoms. The van der Waals surface area contributed by atoms with Crippen LogP contribution in [0.3, 0.4) is 0 Å². The van der Waals surface area contributed by atoms with E-state index in [2.05, 4.69) is 4.98 Å². The van der Waals surface area contributed by atoms with Crippen molar-refractivity contribution in [1.29, 1.82) is 0 Å². The molecule has 21 heavy (non-hydrogen) atoms. The number of halogens is 3. The smallest absolute Gasteiger partial charge is 0.287 e. The number of nitrogens with zero attached hydrogens (tertiary/aromatic N) is 2. The maximum absolute atomic E-state index is 12.7. The van der Waals surface area contributed by atoms with Crippen molar-refractivity contribution in [3.8, 4) is 0 Å². The van der Waals surface area contributed by atoms with Crippen molar-refractivity contribution in [2.24, 2.45) is 0 Å². The van der Waals surface area contributed by atoms with Crippen molar-refractivity contribution >= 4 is 11.5 Å². The lowest BCUT2D eigenvalue weighted by Crippen LogP contribution is -2.11. The van der Waals surface area contributed by atoms with E-state index in [1.165, 1.54) is 18.3 Å². The van der Waals surface area contributed by atoms with Gasteiger partial charge in [0.05, 0.1) is 4.92 Å². The number of benzene rings is 1. The van der Waals surface area contributed by atoms with E-state index in [-0.39, 0.29) is 11.3 Å². The Bertz CT molecular complexity index is 700. The summed E-state index contributed by atoms with van der Waals surface area (Å²) in [6.45, 7) is 0. The predicted octanol–water partition coefficient (Wildman–Crippen LogP) is 3.24. The molecule has 1 aromatic heterocycles. The third kappa shape index (κ3) is 3.04. The predicted molar refractivity (Wildman–Crippen MR) is 65.8 cm³/mol. The van der Waals surface area contributed by atoms with Gasteiger partial charge in [-0.25, -0.2) is 0 Å². The summed E-state index contributed by atoms with van der Waals surface area (Å²) in [6.07, 6.45) is -3.53. The third-order valence-electron chi connectivity index (χ3n) is 2.66. The Balaban J connectivity index is 2.51. The Kier molecular flexibility index (Phi) is 3.70. The van der Waals surface area contributed by atoms with Crippen LogP contribution >= 0.6 is 0 Å². The molecule has 2 aromatic rings. The zero-order valence-electron chi connectivity index (χ0n) is 10.3. The molecule has 2 rings (SSSR count). The van der Waals surface area contributed by atoms with Gasteiger partial charge in [-0.2, -0.15) is 13.2 Å². The molecule has 0 aliphatic rings. The number of alkyl halides is 3. The molecule has 0 unspecified atom stereocenters. The van der Waals surface area contributed by atoms with Crippen LogP contribution in [-0.4, -0.2) is 15.7 Å². The van der Waals surface area contributed by atoms with Gasteiger partial charge in [0.15, 0.2) is 0 Å². The van der Waals surface area contributed by atoms with Crippen LogP contribution in [0.5, 0.6) is 0 Å². The zero-order chi connectivity index (χ0) is 15.6. The lowest BCUT2D eigenvalue weighted by Gasteiger charge is -2.08. The van der Waals surface area contributed by atoms with Crippen LogP contribution in [0.2, 0.25) is 0 Å². The van der Waals surface area contributed by atoms with Crippen molar-refractivity contribution in [3.63, 3.8) is 0 Å². The van der Waals surface area contributed by atoms with Gasteiger partial charge < -0.3 is 0 Å². The van der Waals surface area contributed by atoms with Crippen molar-refractivity contribution in [2.75, 3.05) is 0 Å². The number of rotatable bonds is 3. The summed E-state index contributed by atoms with van der Waals surface area (Å²) in [5.74, 6) is -0.688. The fourth-order valence-electron chi connectivity index (χ4n) is 1.71. The minimum atomic E-state index is -4.87. The second kappa shape index (κ2) is 5.31. The normalized spacial score (nSPS) is 11.2. The molecule has 0 atom stereocenters. The number of pyridine rings is 1. The van der Waals surface area contributed by atoms with Crippen LogP contribution in [-0.2, 0) is 6.18 Å². The lowest BCUT2D eigenvalue weighted by molar-refractivity contribution is -0.388. The molecule has 0 bridgehead atoms. The van der Waals surface area contributed by atoms with Crippen molar-refractivity contribution in [3.05, 3.63) is 69.5 Å². The van der Waals surface area contributed by atoms with Gasteiger partial charge >= 0.3 is 6.18 Å². The molecule has 0 fully saturated rings. The molecular formula is C13H7F3N2O3. The summed E-state index contributed by atoms with van der Waals surface area (Å²) >= 11 is 0. The quantitative estimate of drug-likeness (QED) is 0.495. The number of nitro benzene ring substituents is 1. The lowest BCUT2D eigenvalue weighted by atomic mass is 10.0. The molecule has 0 aliphatic heterocycles. The van der Waals surface area contributed by atoms with E-state index in [4.69, 9.17) is 0 Å². The Morgan fingerprint density at radius 3 is 2.43 bits per heavy atom. The summed E-state index contributed by atoms with van der Waals surface area (Å²) < 4.78 is 38.0. The average Bonchev–Trinajstić information content (AvgIpc) is 2.45. The topological polar surface area (TPSA) is 73.1 Å². The molecule has 0 aliphatic carbocycles. The van der Waals surface area contributed by atoms with Crippen molar-refractivity contribution < 1.29 is 22.9 Å². The maximum atomic E-state index is 12.7. The van der Waals surface area contributed by atoms with Gasteiger partial charge in [0.2, 0.25) is 5.78 Å². The molecule has 108 valence electrons. The number of hydrogen-bond acceptors (Lipinski definition) is 4. The van der Waals surface area contributed by atoms with Crippen molar-refractivity contribution in [1.82, 2.24) is 4.98 Å². The number of ketones is 1. The molecule has 0 radical (unpaired) electrons. The van der Waals surface area contributed by atoms with Crippen LogP contribution in [0.4, 0.5) is 18.9 Å². The van der Waals surface area contributed by atoms with Gasteiger partial charge in [0.1, 0.15) is 11.3 Å². The monoisotopic (exact) mass is 296 g/mol. The first-order chi connectivity index (χ1) is 9.80. The first-order valence-electron chi connectivity index (χ1n) is 5.62. The zero-order valence-corrected chi connectivity index (χ0v) is 10.3. The van der Waals surface area contributed by atoms with Gasteiger partial charge in [-0.1, -0.05) is 6.07 Å². The van der Waals surface area contributed by atoms with Crippen LogP contribution < -0.4 is 0 Å². The van der Waals surface area contributed by atoms with Crippen LogP contribution in [0, 0.1) is 10.1 Å². The van der Waals surface area contributed by atoms with Gasteiger partial charge in [-0.3, -0.25) is 19.9 Å². The Morgan fingerprint density at radius 1 is 1.19 bits per heavy atom. The summed E-state index contributed by atoms with van der Waals surface area (Å²) in [4.78, 5) is 25.4. The molecule has 0 saturated carbocycles. The highest BCUT2D eigenvalue weighted by atomic mass is 19.4. The van der Waals surface area contributed by atoms with Gasteiger partial charge in [0.25, 0.3) is 5.69 Å². The molecule has 1 aromatic carbocycles. The van der Waals surface area contributed by atoms with Crippen LogP contribution in [0.15, 0.2) is 42.6 Å². The first kappa shape index (κ1) is 14.6. The van der Waals surface area contributed by atoms with E-state index in [0.717, 1.165) is 6.07 Å². The van der Waals surface area contributed by atoms with E-state index in [1.54, 1.807) is 6.07 Å². The number of hydrogen-bond donors (Lipinski definition) is 0. The van der Waals surface area contributed by atoms with Gasteiger partial charge in [0, 0.05) is 17.8 Å². The second-order valence-corrected chi connectivity index (χ2v) is 4.03. The summed E-state index contributed by atoms with van der Waals surface area (Å²) in [6, 6.07) is 6.48. The Morgan fingerprint density at radius 2 is 1.90 bits per heavy atom. The minimum absolute atomic E-state index is 0.00782. The highest BCUT2D eigenvalue weighted by molar-refractivity contribution is 6.08. The highest BCUT2D eigenvalue weighted by Gasteiger charge is 2.38. The summed E-state index contributed by atoms with van der Waals surface area (Å²) in [5, 5.41) is 10.8. The fraction of sp³-hybridized carbons (Fsp3) is 0.0769. The van der Waals surface area contributed by atoms with Gasteiger partial charge in [-0.05, 0) is 24.3 Å². The standard InChI is InChI=1S/C13H7F3N2O3/c14-13(15,16)9-5-4-8(7-11(9)18(20)21)12(19)10-3-1-2-6-17-10/h1-7H. The second-order valence-electron chi connectivity index (χ2n) is 4.03. The summed E-state index contributed by atoms with van der Waals surface area (Å²) in [5.41, 5.74) is -2.80. The molecule has 5 nitrogen and oxygen atoms in total. The van der Waals surface area contributed by atoms with E-state index in [0.29, 0.717) is 12.1 Å². The van der Waals surface area contributed by atoms with Crippen LogP contribution in [0.25, 0.3) is 0 Å². The van der Waals surface area contributed by atoms with E-state index < -0.39 is 28.1 Å².